The molecule has 2 aromatic rings. The number of rotatable bonds is 10. The maximum absolute atomic E-state index is 12.6. The first-order valence-corrected chi connectivity index (χ1v) is 14.4. The first kappa shape index (κ1) is 34.5. The predicted molar refractivity (Wildman–Crippen MR) is 156 cm³/mol. The standard InChI is InChI=1S/C29H39N3O5.C2HF3O2/c1-4-37-27(33)13-16-30-28(34)31-23-12-14-29(22-10-11-24(35-2)25(18-22)36-3)15-17-32(26(29)19-23)20-21-8-6-5-7-9-21;3-2(4,5)1(6)7/h5-11,18,23,26H,4,12-17,19-20H2,1-3H3,(H2,30,31,34);(H,6,7)/t23-,26+,29+;/m1./s1. The van der Waals surface area contributed by atoms with Crippen LogP contribution in [0.5, 0.6) is 11.5 Å². The van der Waals surface area contributed by atoms with Crippen LogP contribution in [0, 0.1) is 0 Å². The van der Waals surface area contributed by atoms with Crippen molar-refractivity contribution in [2.24, 2.45) is 0 Å². The van der Waals surface area contributed by atoms with E-state index in [1.807, 2.05) is 12.1 Å². The highest BCUT2D eigenvalue weighted by Gasteiger charge is 2.51. The SMILES string of the molecule is CCOC(=O)CCNC(=O)N[C@@H]1CC[C@@]2(c3ccc(OC)c(OC)c3)CCN(Cc3ccccc3)[C@H]2C1.O=C(O)C(F)(F)F. The number of hydrogen-bond acceptors (Lipinski definition) is 7. The van der Waals surface area contributed by atoms with Gasteiger partial charge in [0, 0.05) is 30.6 Å². The van der Waals surface area contributed by atoms with Crippen LogP contribution in [-0.4, -0.2) is 80.2 Å². The molecule has 2 aliphatic rings. The van der Waals surface area contributed by atoms with Gasteiger partial charge in [0.25, 0.3) is 0 Å². The van der Waals surface area contributed by atoms with Crippen molar-refractivity contribution < 1.29 is 46.9 Å². The maximum Gasteiger partial charge on any atom is 0.490 e. The number of benzene rings is 2. The van der Waals surface area contributed by atoms with E-state index in [4.69, 9.17) is 24.1 Å². The second-order valence-corrected chi connectivity index (χ2v) is 10.7. The number of likely N-dealkylation sites (tertiary alicyclic amines) is 1. The van der Waals surface area contributed by atoms with Crippen LogP contribution in [-0.2, 0) is 26.3 Å². The van der Waals surface area contributed by atoms with Crippen LogP contribution in [0.15, 0.2) is 48.5 Å². The quantitative estimate of drug-likeness (QED) is 0.327. The molecule has 242 valence electrons. The Labute approximate surface area is 254 Å². The number of alkyl halides is 3. The number of nitrogens with zero attached hydrogens (tertiary/aromatic N) is 1. The molecule has 1 aliphatic carbocycles. The number of nitrogens with one attached hydrogen (secondary N) is 2. The number of amides is 2. The summed E-state index contributed by atoms with van der Waals surface area (Å²) < 4.78 is 47.8. The van der Waals surface area contributed by atoms with E-state index in [-0.39, 0.29) is 42.5 Å². The lowest BCUT2D eigenvalue weighted by Crippen LogP contribution is -2.53. The normalized spacial score (nSPS) is 21.2. The number of hydrogen-bond donors (Lipinski definition) is 3. The average Bonchev–Trinajstić information content (AvgIpc) is 3.35. The van der Waals surface area contributed by atoms with E-state index >= 15 is 0 Å². The number of carbonyl (C=O) groups excluding carboxylic acids is 2. The van der Waals surface area contributed by atoms with Crippen molar-refractivity contribution in [2.75, 3.05) is 33.9 Å². The van der Waals surface area contributed by atoms with Crippen LogP contribution in [0.4, 0.5) is 18.0 Å². The van der Waals surface area contributed by atoms with E-state index in [0.29, 0.717) is 6.61 Å². The van der Waals surface area contributed by atoms with Gasteiger partial charge in [-0.3, -0.25) is 9.69 Å². The molecule has 1 heterocycles. The molecule has 0 aromatic heterocycles. The van der Waals surface area contributed by atoms with Gasteiger partial charge >= 0.3 is 24.1 Å². The van der Waals surface area contributed by atoms with E-state index in [2.05, 4.69) is 51.9 Å². The zero-order chi connectivity index (χ0) is 32.3. The average molecular weight is 624 g/mol. The summed E-state index contributed by atoms with van der Waals surface area (Å²) in [5.74, 6) is -1.58. The molecule has 1 saturated carbocycles. The molecular weight excluding hydrogens is 583 g/mol. The van der Waals surface area contributed by atoms with Crippen molar-refractivity contribution in [3.8, 4) is 11.5 Å². The Bertz CT molecular complexity index is 1260. The largest absolute Gasteiger partial charge is 0.493 e. The predicted octanol–water partition coefficient (Wildman–Crippen LogP) is 4.65. The summed E-state index contributed by atoms with van der Waals surface area (Å²) in [4.78, 5) is 35.6. The number of carboxylic acids is 1. The molecule has 2 amide bonds. The minimum absolute atomic E-state index is 0.0209. The molecule has 2 fully saturated rings. The molecule has 44 heavy (non-hydrogen) atoms. The Kier molecular flexibility index (Phi) is 12.3. The number of fused-ring (bicyclic) bond motifs is 1. The van der Waals surface area contributed by atoms with Gasteiger partial charge in [0.2, 0.25) is 0 Å². The number of urea groups is 1. The van der Waals surface area contributed by atoms with Crippen LogP contribution in [0.2, 0.25) is 0 Å². The Morgan fingerprint density at radius 3 is 2.34 bits per heavy atom. The molecule has 0 spiro atoms. The third kappa shape index (κ3) is 9.01. The first-order valence-electron chi connectivity index (χ1n) is 14.4. The lowest BCUT2D eigenvalue weighted by atomic mass is 9.65. The van der Waals surface area contributed by atoms with Crippen LogP contribution in [0.1, 0.15) is 50.2 Å². The van der Waals surface area contributed by atoms with Gasteiger partial charge in [-0.25, -0.2) is 9.59 Å². The fourth-order valence-corrected chi connectivity index (χ4v) is 6.01. The molecule has 3 atom stereocenters. The Morgan fingerprint density at radius 1 is 1.05 bits per heavy atom. The highest BCUT2D eigenvalue weighted by atomic mass is 19.4. The zero-order valence-corrected chi connectivity index (χ0v) is 25.1. The fraction of sp³-hybridized carbons (Fsp3) is 0.516. The number of ether oxygens (including phenoxy) is 3. The third-order valence-electron chi connectivity index (χ3n) is 8.06. The van der Waals surface area contributed by atoms with E-state index in [1.54, 1.807) is 21.1 Å². The van der Waals surface area contributed by atoms with Gasteiger partial charge in [-0.1, -0.05) is 36.4 Å². The van der Waals surface area contributed by atoms with Gasteiger partial charge in [-0.2, -0.15) is 13.2 Å². The van der Waals surface area contributed by atoms with Crippen molar-refractivity contribution in [2.45, 2.75) is 69.2 Å². The molecule has 2 aromatic carbocycles. The lowest BCUT2D eigenvalue weighted by molar-refractivity contribution is -0.192. The van der Waals surface area contributed by atoms with Crippen LogP contribution in [0.25, 0.3) is 0 Å². The Hall–Kier alpha value is -4.00. The van der Waals surface area contributed by atoms with Gasteiger partial charge in [-0.15, -0.1) is 0 Å². The molecule has 0 radical (unpaired) electrons. The van der Waals surface area contributed by atoms with E-state index in [9.17, 15) is 22.8 Å². The number of aliphatic carboxylic acids is 1. The number of carboxylic acid groups (broad SMARTS) is 1. The van der Waals surface area contributed by atoms with E-state index < -0.39 is 12.1 Å². The lowest BCUT2D eigenvalue weighted by Gasteiger charge is -2.45. The van der Waals surface area contributed by atoms with E-state index in [0.717, 1.165) is 50.3 Å². The third-order valence-corrected chi connectivity index (χ3v) is 8.06. The topological polar surface area (TPSA) is 126 Å². The molecule has 1 aliphatic heterocycles. The van der Waals surface area contributed by atoms with Gasteiger partial charge < -0.3 is 30.0 Å². The summed E-state index contributed by atoms with van der Waals surface area (Å²) in [7, 11) is 3.33. The Balaban J connectivity index is 0.000000676. The maximum atomic E-state index is 12.6. The monoisotopic (exact) mass is 623 g/mol. The molecule has 13 heteroatoms. The van der Waals surface area contributed by atoms with Crippen LogP contribution >= 0.6 is 0 Å². The summed E-state index contributed by atoms with van der Waals surface area (Å²) in [5.41, 5.74) is 2.54. The zero-order valence-electron chi connectivity index (χ0n) is 25.1. The first-order chi connectivity index (χ1) is 20.9. The molecule has 0 bridgehead atoms. The number of halogens is 3. The van der Waals surface area contributed by atoms with Crippen molar-refractivity contribution in [1.29, 1.82) is 0 Å². The molecule has 0 unspecified atom stereocenters. The summed E-state index contributed by atoms with van der Waals surface area (Å²) in [6.07, 6.45) is -1.16. The second-order valence-electron chi connectivity index (χ2n) is 10.7. The van der Waals surface area contributed by atoms with E-state index in [1.165, 1.54) is 11.1 Å². The molecule has 10 nitrogen and oxygen atoms in total. The van der Waals surface area contributed by atoms with Crippen molar-refractivity contribution >= 4 is 18.0 Å². The highest BCUT2D eigenvalue weighted by Crippen LogP contribution is 2.50. The highest BCUT2D eigenvalue weighted by molar-refractivity contribution is 5.75. The van der Waals surface area contributed by atoms with Crippen molar-refractivity contribution in [3.05, 3.63) is 59.7 Å². The van der Waals surface area contributed by atoms with Crippen molar-refractivity contribution in [3.63, 3.8) is 0 Å². The van der Waals surface area contributed by atoms with Crippen molar-refractivity contribution in [1.82, 2.24) is 15.5 Å². The van der Waals surface area contributed by atoms with Gasteiger partial charge in [-0.05, 0) is 62.4 Å². The summed E-state index contributed by atoms with van der Waals surface area (Å²) in [5, 5.41) is 13.1. The summed E-state index contributed by atoms with van der Waals surface area (Å²) in [6, 6.07) is 16.9. The van der Waals surface area contributed by atoms with Gasteiger partial charge in [0.05, 0.1) is 27.2 Å². The van der Waals surface area contributed by atoms with Gasteiger partial charge in [0.1, 0.15) is 0 Å². The molecule has 3 N–H and O–H groups in total. The molecular formula is C31H40F3N3O7. The summed E-state index contributed by atoms with van der Waals surface area (Å²) in [6.45, 7) is 4.24. The van der Waals surface area contributed by atoms with Crippen LogP contribution in [0.3, 0.4) is 0 Å². The summed E-state index contributed by atoms with van der Waals surface area (Å²) >= 11 is 0. The number of carbonyl (C=O) groups is 3. The minimum atomic E-state index is -5.08. The minimum Gasteiger partial charge on any atom is -0.493 e. The number of methoxy groups -OCH3 is 2. The van der Waals surface area contributed by atoms with Gasteiger partial charge in [0.15, 0.2) is 11.5 Å². The second kappa shape index (κ2) is 15.6. The van der Waals surface area contributed by atoms with Crippen LogP contribution < -0.4 is 20.1 Å². The Morgan fingerprint density at radius 2 is 1.73 bits per heavy atom. The molecule has 1 saturated heterocycles. The molecule has 4 rings (SSSR count). The smallest absolute Gasteiger partial charge is 0.490 e. The number of esters is 1. The fourth-order valence-electron chi connectivity index (χ4n) is 6.01.